The van der Waals surface area contributed by atoms with Crippen LogP contribution in [0.15, 0.2) is 34.8 Å². The highest BCUT2D eigenvalue weighted by Gasteiger charge is 2.17. The van der Waals surface area contributed by atoms with E-state index in [1.807, 2.05) is 0 Å². The van der Waals surface area contributed by atoms with E-state index in [1.165, 1.54) is 23.1 Å². The Morgan fingerprint density at radius 1 is 1.36 bits per heavy atom. The van der Waals surface area contributed by atoms with Gasteiger partial charge in [-0.15, -0.1) is 15.3 Å². The smallest absolute Gasteiger partial charge is 0.298 e. The first-order valence-corrected chi connectivity index (χ1v) is 8.94. The summed E-state index contributed by atoms with van der Waals surface area (Å²) < 4.78 is 37.1. The normalized spacial score (nSPS) is 11.4. The van der Waals surface area contributed by atoms with Crippen molar-refractivity contribution in [2.24, 2.45) is 17.3 Å². The highest BCUT2D eigenvalue weighted by atomic mass is 32.3. The summed E-state index contributed by atoms with van der Waals surface area (Å²) in [6, 6.07) is 4.23. The van der Waals surface area contributed by atoms with Crippen molar-refractivity contribution < 1.29 is 22.1 Å². The van der Waals surface area contributed by atoms with Gasteiger partial charge in [-0.2, -0.15) is 4.98 Å². The molecule has 1 heterocycles. The van der Waals surface area contributed by atoms with Crippen LogP contribution in [0.1, 0.15) is 6.92 Å². The maximum Gasteiger partial charge on any atom is 0.298 e. The minimum atomic E-state index is -4.80. The summed E-state index contributed by atoms with van der Waals surface area (Å²) in [5.74, 6) is 0.0574. The van der Waals surface area contributed by atoms with Crippen LogP contribution in [0.2, 0.25) is 0 Å². The second kappa shape index (κ2) is 9.72. The number of benzene rings is 1. The fourth-order valence-electron chi connectivity index (χ4n) is 2.13. The predicted molar refractivity (Wildman–Crippen MR) is 98.2 cm³/mol. The first-order valence-electron chi connectivity index (χ1n) is 7.60. The Kier molecular flexibility index (Phi) is 7.97. The van der Waals surface area contributed by atoms with E-state index in [0.717, 1.165) is 0 Å². The molecule has 2 rings (SSSR count). The quantitative estimate of drug-likeness (QED) is 0.149. The average molecular weight is 413 g/mol. The van der Waals surface area contributed by atoms with Crippen LogP contribution in [0.4, 0.5) is 23.0 Å². The fourth-order valence-corrected chi connectivity index (χ4v) is 2.41. The number of azo groups is 1. The molecule has 0 atom stereocenters. The number of hydrogen-bond donors (Lipinski definition) is 0. The molecule has 1 aromatic carbocycles. The molecule has 13 nitrogen and oxygen atoms in total. The molecule has 152 valence electrons. The molecule has 0 bridgehead atoms. The van der Waals surface area contributed by atoms with Crippen LogP contribution < -0.4 is 4.90 Å². The highest BCUT2D eigenvalue weighted by Crippen LogP contribution is 2.32. The van der Waals surface area contributed by atoms with Crippen LogP contribution in [0.5, 0.6) is 0 Å². The van der Waals surface area contributed by atoms with E-state index < -0.39 is 15.3 Å². The van der Waals surface area contributed by atoms with Crippen molar-refractivity contribution in [3.8, 4) is 0 Å². The van der Waals surface area contributed by atoms with Gasteiger partial charge >= 0.3 is 0 Å². The number of nitro groups is 1. The molecule has 0 radical (unpaired) electrons. The van der Waals surface area contributed by atoms with Gasteiger partial charge in [-0.25, -0.2) is 8.42 Å². The van der Waals surface area contributed by atoms with Crippen LogP contribution in [0.25, 0.3) is 0 Å². The molecule has 14 heteroatoms. The SMILES string of the molecule is CCN(CCOS(=O)(=O)[O-])c1ccc(N=Nc2ncn(C)n2)c([N+](=O)[O-])c1.[CH3+]. The summed E-state index contributed by atoms with van der Waals surface area (Å²) in [6.45, 7) is 1.84. The molecule has 0 amide bonds. The first-order chi connectivity index (χ1) is 12.7. The van der Waals surface area contributed by atoms with Crippen molar-refractivity contribution in [2.45, 2.75) is 6.92 Å². The zero-order chi connectivity index (χ0) is 20.0. The minimum absolute atomic E-state index is 0. The predicted octanol–water partition coefficient (Wildman–Crippen LogP) is 1.89. The molecule has 28 heavy (non-hydrogen) atoms. The van der Waals surface area contributed by atoms with Crippen molar-refractivity contribution >= 4 is 33.4 Å². The summed E-state index contributed by atoms with van der Waals surface area (Å²) in [7, 11) is -3.15. The zero-order valence-corrected chi connectivity index (χ0v) is 16.2. The Hall–Kier alpha value is -3.10. The van der Waals surface area contributed by atoms with Gasteiger partial charge in [0.25, 0.3) is 11.6 Å². The van der Waals surface area contributed by atoms with E-state index in [-0.39, 0.29) is 37.9 Å². The van der Waals surface area contributed by atoms with E-state index in [1.54, 1.807) is 24.9 Å². The summed E-state index contributed by atoms with van der Waals surface area (Å²) >= 11 is 0. The molecule has 1 aromatic heterocycles. The lowest BCUT2D eigenvalue weighted by Crippen LogP contribution is -2.28. The maximum absolute atomic E-state index is 11.4. The van der Waals surface area contributed by atoms with Gasteiger partial charge in [0.05, 0.1) is 11.5 Å². The lowest BCUT2D eigenvalue weighted by atomic mass is 10.2. The second-order valence-corrected chi connectivity index (χ2v) is 6.21. The Labute approximate surface area is 161 Å². The number of anilines is 1. The molecular formula is C14H19N7O6S. The lowest BCUT2D eigenvalue weighted by Gasteiger charge is -2.23. The third-order valence-electron chi connectivity index (χ3n) is 3.33. The standard InChI is InChI=1S/C13H17N7O6S.CH3/c1-3-19(6-7-26-27(23,24)25)10-4-5-11(12(8-10)20(21)22)15-16-13-14-9-18(2)17-13;/h4-5,8-9H,3,6-7H2,1-2H3,(H,23,24,25);1H3/q;+1/p-1. The number of nitrogens with zero attached hydrogens (tertiary/aromatic N) is 7. The van der Waals surface area contributed by atoms with Crippen LogP contribution >= 0.6 is 0 Å². The molecule has 0 aliphatic rings. The molecule has 0 N–H and O–H groups in total. The Morgan fingerprint density at radius 2 is 2.07 bits per heavy atom. The number of nitro benzene ring substituents is 1. The van der Waals surface area contributed by atoms with E-state index in [0.29, 0.717) is 12.2 Å². The number of rotatable bonds is 9. The lowest BCUT2D eigenvalue weighted by molar-refractivity contribution is -0.384. The van der Waals surface area contributed by atoms with E-state index >= 15 is 0 Å². The molecule has 0 aliphatic heterocycles. The molecule has 0 saturated carbocycles. The molecule has 0 saturated heterocycles. The monoisotopic (exact) mass is 413 g/mol. The molecule has 2 aromatic rings. The van der Waals surface area contributed by atoms with Crippen LogP contribution in [0.3, 0.4) is 0 Å². The van der Waals surface area contributed by atoms with E-state index in [4.69, 9.17) is 0 Å². The molecule has 0 spiro atoms. The van der Waals surface area contributed by atoms with Gasteiger partial charge in [0, 0.05) is 39.3 Å². The summed E-state index contributed by atoms with van der Waals surface area (Å²) in [6.07, 6.45) is 1.41. The molecular weight excluding hydrogens is 394 g/mol. The van der Waals surface area contributed by atoms with Crippen LogP contribution in [0, 0.1) is 17.5 Å². The Morgan fingerprint density at radius 3 is 2.61 bits per heavy atom. The minimum Gasteiger partial charge on any atom is -0.726 e. The third-order valence-corrected chi connectivity index (χ3v) is 3.78. The van der Waals surface area contributed by atoms with Crippen molar-refractivity contribution in [1.29, 1.82) is 0 Å². The molecule has 0 fully saturated rings. The number of aryl methyl sites for hydroxylation is 1. The summed E-state index contributed by atoms with van der Waals surface area (Å²) in [5.41, 5.74) is 0.139. The zero-order valence-electron chi connectivity index (χ0n) is 15.4. The third kappa shape index (κ3) is 6.57. The van der Waals surface area contributed by atoms with Crippen LogP contribution in [-0.4, -0.2) is 52.4 Å². The second-order valence-electron chi connectivity index (χ2n) is 5.16. The van der Waals surface area contributed by atoms with E-state index in [2.05, 4.69) is 24.5 Å². The topological polar surface area (TPSA) is 168 Å². The van der Waals surface area contributed by atoms with Crippen LogP contribution in [-0.2, 0) is 21.6 Å². The average Bonchev–Trinajstić information content (AvgIpc) is 3.01. The van der Waals surface area contributed by atoms with Gasteiger partial charge in [0.15, 0.2) is 5.69 Å². The summed E-state index contributed by atoms with van der Waals surface area (Å²) in [4.78, 5) is 16.2. The largest absolute Gasteiger partial charge is 0.726 e. The molecule has 0 unspecified atom stereocenters. The van der Waals surface area contributed by atoms with Gasteiger partial charge in [-0.05, 0) is 19.1 Å². The number of aromatic nitrogens is 3. The van der Waals surface area contributed by atoms with Gasteiger partial charge in [-0.3, -0.25) is 19.0 Å². The number of hydrogen-bond acceptors (Lipinski definition) is 11. The molecule has 0 aliphatic carbocycles. The van der Waals surface area contributed by atoms with Crippen molar-refractivity contribution in [3.63, 3.8) is 0 Å². The fraction of sp³-hybridized carbons (Fsp3) is 0.357. The Bertz CT molecular complexity index is 943. The highest BCUT2D eigenvalue weighted by molar-refractivity contribution is 7.80. The number of likely N-dealkylation sites (N-methyl/N-ethyl adjacent to an activating group) is 1. The van der Waals surface area contributed by atoms with Crippen molar-refractivity contribution in [3.05, 3.63) is 42.1 Å². The maximum atomic E-state index is 11.4. The first kappa shape index (κ1) is 22.9. The van der Waals surface area contributed by atoms with Crippen molar-refractivity contribution in [1.82, 2.24) is 14.8 Å². The van der Waals surface area contributed by atoms with Crippen molar-refractivity contribution in [2.75, 3.05) is 24.6 Å². The van der Waals surface area contributed by atoms with E-state index in [9.17, 15) is 23.1 Å². The summed E-state index contributed by atoms with van der Waals surface area (Å²) in [5, 5.41) is 22.8. The Balaban J connectivity index is 0.00000392. The van der Waals surface area contributed by atoms with Gasteiger partial charge in [-0.1, -0.05) is 0 Å². The van der Waals surface area contributed by atoms with Gasteiger partial charge in [0.1, 0.15) is 6.33 Å². The van der Waals surface area contributed by atoms with Gasteiger partial charge < -0.3 is 9.45 Å². The van der Waals surface area contributed by atoms with Gasteiger partial charge in [0.2, 0.25) is 10.4 Å².